The first-order valence-electron chi connectivity index (χ1n) is 4.25. The molecule has 0 radical (unpaired) electrons. The summed E-state index contributed by atoms with van der Waals surface area (Å²) in [6, 6.07) is 7.03. The van der Waals surface area contributed by atoms with Gasteiger partial charge >= 0.3 is 0 Å². The summed E-state index contributed by atoms with van der Waals surface area (Å²) in [7, 11) is 0. The SMILES string of the molecule is Cc1cc(Cl)n(-c2ccc(Cl)c(Cl)c2)n1. The van der Waals surface area contributed by atoms with Gasteiger partial charge in [-0.3, -0.25) is 0 Å². The van der Waals surface area contributed by atoms with E-state index in [1.54, 1.807) is 22.9 Å². The van der Waals surface area contributed by atoms with Crippen molar-refractivity contribution in [1.29, 1.82) is 0 Å². The minimum absolute atomic E-state index is 0.485. The summed E-state index contributed by atoms with van der Waals surface area (Å²) in [6.45, 7) is 1.87. The van der Waals surface area contributed by atoms with E-state index in [4.69, 9.17) is 34.8 Å². The maximum absolute atomic E-state index is 6.00. The first kappa shape index (κ1) is 10.8. The van der Waals surface area contributed by atoms with Crippen molar-refractivity contribution in [1.82, 2.24) is 9.78 Å². The summed E-state index contributed by atoms with van der Waals surface area (Å²) in [4.78, 5) is 0. The monoisotopic (exact) mass is 260 g/mol. The van der Waals surface area contributed by atoms with Crippen LogP contribution < -0.4 is 0 Å². The number of benzene rings is 1. The zero-order chi connectivity index (χ0) is 11.0. The molecule has 2 aromatic rings. The molecule has 0 saturated heterocycles. The number of nitrogens with zero attached hydrogens (tertiary/aromatic N) is 2. The fraction of sp³-hybridized carbons (Fsp3) is 0.100. The highest BCUT2D eigenvalue weighted by atomic mass is 35.5. The van der Waals surface area contributed by atoms with Crippen molar-refractivity contribution in [3.05, 3.63) is 45.2 Å². The average molecular weight is 262 g/mol. The van der Waals surface area contributed by atoms with E-state index >= 15 is 0 Å². The molecule has 15 heavy (non-hydrogen) atoms. The van der Waals surface area contributed by atoms with Crippen LogP contribution in [0.4, 0.5) is 0 Å². The molecule has 0 unspecified atom stereocenters. The van der Waals surface area contributed by atoms with Crippen LogP contribution in [-0.4, -0.2) is 9.78 Å². The predicted octanol–water partition coefficient (Wildman–Crippen LogP) is 4.14. The van der Waals surface area contributed by atoms with Crippen molar-refractivity contribution >= 4 is 34.8 Å². The van der Waals surface area contributed by atoms with Crippen LogP contribution in [0.2, 0.25) is 15.2 Å². The zero-order valence-electron chi connectivity index (χ0n) is 7.84. The van der Waals surface area contributed by atoms with E-state index < -0.39 is 0 Å². The van der Waals surface area contributed by atoms with Gasteiger partial charge in [-0.05, 0) is 31.2 Å². The smallest absolute Gasteiger partial charge is 0.133 e. The van der Waals surface area contributed by atoms with E-state index in [-0.39, 0.29) is 0 Å². The van der Waals surface area contributed by atoms with Gasteiger partial charge in [0.2, 0.25) is 0 Å². The van der Waals surface area contributed by atoms with Crippen molar-refractivity contribution < 1.29 is 0 Å². The Labute approximate surface area is 102 Å². The standard InChI is InChI=1S/C10H7Cl3N2/c1-6-4-10(13)15(14-6)7-2-3-8(11)9(12)5-7/h2-5H,1H3. The molecule has 0 N–H and O–H groups in total. The normalized spacial score (nSPS) is 10.7. The molecule has 0 atom stereocenters. The number of hydrogen-bond donors (Lipinski definition) is 0. The average Bonchev–Trinajstić information content (AvgIpc) is 2.50. The first-order valence-corrected chi connectivity index (χ1v) is 5.39. The Hall–Kier alpha value is -0.700. The largest absolute Gasteiger partial charge is 0.222 e. The number of rotatable bonds is 1. The van der Waals surface area contributed by atoms with Crippen LogP contribution in [0.3, 0.4) is 0 Å². The summed E-state index contributed by atoms with van der Waals surface area (Å²) in [6.07, 6.45) is 0. The first-order chi connectivity index (χ1) is 7.08. The Balaban J connectivity index is 2.54. The second-order valence-corrected chi connectivity index (χ2v) is 4.32. The number of aromatic nitrogens is 2. The van der Waals surface area contributed by atoms with Gasteiger partial charge in [-0.1, -0.05) is 34.8 Å². The van der Waals surface area contributed by atoms with Crippen molar-refractivity contribution in [2.24, 2.45) is 0 Å². The van der Waals surface area contributed by atoms with Crippen molar-refractivity contribution in [2.45, 2.75) is 6.92 Å². The summed E-state index contributed by atoms with van der Waals surface area (Å²) in [5.74, 6) is 0. The fourth-order valence-electron chi connectivity index (χ4n) is 1.27. The zero-order valence-corrected chi connectivity index (χ0v) is 10.1. The molecule has 0 saturated carbocycles. The topological polar surface area (TPSA) is 17.8 Å². The van der Waals surface area contributed by atoms with Gasteiger partial charge in [0, 0.05) is 0 Å². The lowest BCUT2D eigenvalue weighted by Gasteiger charge is -2.04. The van der Waals surface area contributed by atoms with E-state index in [1.165, 1.54) is 0 Å². The molecule has 0 aliphatic heterocycles. The molecular weight excluding hydrogens is 254 g/mol. The molecule has 0 amide bonds. The predicted molar refractivity (Wildman–Crippen MR) is 63.3 cm³/mol. The highest BCUT2D eigenvalue weighted by Crippen LogP contribution is 2.26. The van der Waals surface area contributed by atoms with E-state index in [0.717, 1.165) is 11.4 Å². The minimum atomic E-state index is 0.485. The van der Waals surface area contributed by atoms with Gasteiger partial charge in [0.15, 0.2) is 0 Å². The van der Waals surface area contributed by atoms with Crippen LogP contribution in [-0.2, 0) is 0 Å². The second kappa shape index (κ2) is 4.05. The summed E-state index contributed by atoms with van der Waals surface area (Å²) in [5.41, 5.74) is 1.65. The van der Waals surface area contributed by atoms with Gasteiger partial charge < -0.3 is 0 Å². The molecule has 0 bridgehead atoms. The number of halogens is 3. The van der Waals surface area contributed by atoms with E-state index in [1.807, 2.05) is 13.0 Å². The van der Waals surface area contributed by atoms with Crippen LogP contribution in [0.25, 0.3) is 5.69 Å². The molecule has 0 fully saturated rings. The Morgan fingerprint density at radius 1 is 1.07 bits per heavy atom. The third-order valence-corrected chi connectivity index (χ3v) is 2.94. The van der Waals surface area contributed by atoms with E-state index in [0.29, 0.717) is 15.2 Å². The molecule has 1 heterocycles. The fourth-order valence-corrected chi connectivity index (χ4v) is 1.85. The maximum atomic E-state index is 6.00. The van der Waals surface area contributed by atoms with Gasteiger partial charge in [-0.2, -0.15) is 5.10 Å². The van der Waals surface area contributed by atoms with Crippen LogP contribution in [0.1, 0.15) is 5.69 Å². The van der Waals surface area contributed by atoms with Crippen LogP contribution in [0.5, 0.6) is 0 Å². The Bertz CT molecular complexity index is 505. The number of aryl methyl sites for hydroxylation is 1. The number of hydrogen-bond acceptors (Lipinski definition) is 1. The van der Waals surface area contributed by atoms with Crippen molar-refractivity contribution in [3.8, 4) is 5.69 Å². The summed E-state index contributed by atoms with van der Waals surface area (Å²) in [5, 5.41) is 5.78. The maximum Gasteiger partial charge on any atom is 0.133 e. The van der Waals surface area contributed by atoms with Gasteiger partial charge in [-0.25, -0.2) is 4.68 Å². The van der Waals surface area contributed by atoms with Gasteiger partial charge in [0.25, 0.3) is 0 Å². The summed E-state index contributed by atoms with van der Waals surface area (Å²) >= 11 is 17.7. The van der Waals surface area contributed by atoms with Gasteiger partial charge in [0.05, 0.1) is 21.4 Å². The molecule has 0 aliphatic rings. The third kappa shape index (κ3) is 2.12. The quantitative estimate of drug-likeness (QED) is 0.754. The van der Waals surface area contributed by atoms with Crippen LogP contribution in [0, 0.1) is 6.92 Å². The molecule has 78 valence electrons. The Morgan fingerprint density at radius 3 is 2.33 bits per heavy atom. The molecule has 1 aromatic carbocycles. The molecule has 2 nitrogen and oxygen atoms in total. The van der Waals surface area contributed by atoms with Crippen LogP contribution >= 0.6 is 34.8 Å². The molecule has 0 aliphatic carbocycles. The van der Waals surface area contributed by atoms with E-state index in [2.05, 4.69) is 5.10 Å². The van der Waals surface area contributed by atoms with Crippen molar-refractivity contribution in [2.75, 3.05) is 0 Å². The minimum Gasteiger partial charge on any atom is -0.222 e. The lowest BCUT2D eigenvalue weighted by molar-refractivity contribution is 0.863. The molecule has 2 rings (SSSR count). The molecule has 0 spiro atoms. The van der Waals surface area contributed by atoms with Gasteiger partial charge in [0.1, 0.15) is 5.15 Å². The molecule has 5 heteroatoms. The highest BCUT2D eigenvalue weighted by molar-refractivity contribution is 6.42. The van der Waals surface area contributed by atoms with Gasteiger partial charge in [-0.15, -0.1) is 0 Å². The highest BCUT2D eigenvalue weighted by Gasteiger charge is 2.06. The van der Waals surface area contributed by atoms with Crippen LogP contribution in [0.15, 0.2) is 24.3 Å². The molecular formula is C10H7Cl3N2. The summed E-state index contributed by atoms with van der Waals surface area (Å²) < 4.78 is 1.61. The third-order valence-electron chi connectivity index (χ3n) is 1.94. The lowest BCUT2D eigenvalue weighted by Crippen LogP contribution is -1.96. The molecule has 1 aromatic heterocycles. The van der Waals surface area contributed by atoms with E-state index in [9.17, 15) is 0 Å². The Morgan fingerprint density at radius 2 is 1.80 bits per heavy atom. The lowest BCUT2D eigenvalue weighted by atomic mass is 10.3. The van der Waals surface area contributed by atoms with Crippen molar-refractivity contribution in [3.63, 3.8) is 0 Å². The Kier molecular flexibility index (Phi) is 2.91. The second-order valence-electron chi connectivity index (χ2n) is 3.12.